The van der Waals surface area contributed by atoms with E-state index in [0.29, 0.717) is 0 Å². The van der Waals surface area contributed by atoms with Crippen molar-refractivity contribution in [2.45, 2.75) is 33.1 Å². The van der Waals surface area contributed by atoms with E-state index in [1.54, 1.807) is 0 Å². The topological polar surface area (TPSA) is 21.3 Å². The fourth-order valence-electron chi connectivity index (χ4n) is 1.61. The Morgan fingerprint density at radius 3 is 1.92 bits per heavy atom. The van der Waals surface area contributed by atoms with Gasteiger partial charge in [-0.3, -0.25) is 0 Å². The standard InChI is InChI=1S/C6H12O.C5H11N/c1-6-2-4-7-5-3-6;1-5-2-3-6-4-5/h6H,2-5H2,1H3;5-6H,2-4H2,1H3/t;5-/m.0/s1. The van der Waals surface area contributed by atoms with Gasteiger partial charge in [0.15, 0.2) is 0 Å². The molecule has 0 spiro atoms. The molecule has 2 heterocycles. The molecule has 0 unspecified atom stereocenters. The molecule has 2 aliphatic heterocycles. The third-order valence-electron chi connectivity index (χ3n) is 2.82. The van der Waals surface area contributed by atoms with Gasteiger partial charge in [-0.2, -0.15) is 0 Å². The van der Waals surface area contributed by atoms with Gasteiger partial charge in [-0.15, -0.1) is 0 Å². The number of rotatable bonds is 0. The van der Waals surface area contributed by atoms with Crippen LogP contribution in [0.4, 0.5) is 0 Å². The summed E-state index contributed by atoms with van der Waals surface area (Å²) >= 11 is 0. The van der Waals surface area contributed by atoms with Crippen LogP contribution >= 0.6 is 0 Å². The quantitative estimate of drug-likeness (QED) is 0.623. The van der Waals surface area contributed by atoms with Crippen molar-refractivity contribution in [3.63, 3.8) is 0 Å². The summed E-state index contributed by atoms with van der Waals surface area (Å²) < 4.78 is 5.14. The van der Waals surface area contributed by atoms with Crippen LogP contribution in [-0.2, 0) is 4.74 Å². The van der Waals surface area contributed by atoms with Crippen LogP contribution in [0.5, 0.6) is 0 Å². The van der Waals surface area contributed by atoms with Gasteiger partial charge in [0, 0.05) is 13.2 Å². The molecule has 1 atom stereocenters. The predicted molar refractivity (Wildman–Crippen MR) is 55.9 cm³/mol. The van der Waals surface area contributed by atoms with Crippen LogP contribution in [0.3, 0.4) is 0 Å². The van der Waals surface area contributed by atoms with Gasteiger partial charge in [0.2, 0.25) is 0 Å². The maximum Gasteiger partial charge on any atom is 0.0468 e. The molecule has 2 rings (SSSR count). The molecular weight excluding hydrogens is 162 g/mol. The minimum atomic E-state index is 0.911. The molecule has 78 valence electrons. The summed E-state index contributed by atoms with van der Waals surface area (Å²) in [6.45, 7) is 9.01. The lowest BCUT2D eigenvalue weighted by Gasteiger charge is -2.16. The van der Waals surface area contributed by atoms with Crippen molar-refractivity contribution < 1.29 is 4.74 Å². The molecule has 2 fully saturated rings. The number of nitrogens with one attached hydrogen (secondary N) is 1. The highest BCUT2D eigenvalue weighted by Crippen LogP contribution is 2.11. The lowest BCUT2D eigenvalue weighted by atomic mass is 10.0. The second-order valence-corrected chi connectivity index (χ2v) is 4.39. The van der Waals surface area contributed by atoms with Gasteiger partial charge >= 0.3 is 0 Å². The molecule has 2 aliphatic rings. The van der Waals surface area contributed by atoms with Gasteiger partial charge in [0.05, 0.1) is 0 Å². The van der Waals surface area contributed by atoms with Gasteiger partial charge < -0.3 is 10.1 Å². The van der Waals surface area contributed by atoms with Crippen LogP contribution in [0, 0.1) is 11.8 Å². The van der Waals surface area contributed by atoms with E-state index in [-0.39, 0.29) is 0 Å². The molecule has 0 aromatic rings. The Hall–Kier alpha value is -0.0800. The largest absolute Gasteiger partial charge is 0.381 e. The Labute approximate surface area is 82.0 Å². The molecule has 0 amide bonds. The first kappa shape index (κ1) is 11.0. The molecule has 2 heteroatoms. The molecule has 2 nitrogen and oxygen atoms in total. The van der Waals surface area contributed by atoms with Crippen LogP contribution in [-0.4, -0.2) is 26.3 Å². The van der Waals surface area contributed by atoms with E-state index in [1.165, 1.54) is 32.4 Å². The number of hydrogen-bond donors (Lipinski definition) is 1. The van der Waals surface area contributed by atoms with Crippen LogP contribution in [0.2, 0.25) is 0 Å². The highest BCUT2D eigenvalue weighted by Gasteiger charge is 2.06. The summed E-state index contributed by atoms with van der Waals surface area (Å²) in [6, 6.07) is 0. The first-order valence-corrected chi connectivity index (χ1v) is 5.57. The van der Waals surface area contributed by atoms with Crippen molar-refractivity contribution in [1.29, 1.82) is 0 Å². The van der Waals surface area contributed by atoms with E-state index in [0.717, 1.165) is 25.0 Å². The fraction of sp³-hybridized carbons (Fsp3) is 1.00. The van der Waals surface area contributed by atoms with E-state index in [1.807, 2.05) is 0 Å². The van der Waals surface area contributed by atoms with Gasteiger partial charge in [-0.05, 0) is 44.2 Å². The summed E-state index contributed by atoms with van der Waals surface area (Å²) in [4.78, 5) is 0. The van der Waals surface area contributed by atoms with Gasteiger partial charge in [0.1, 0.15) is 0 Å². The zero-order valence-corrected chi connectivity index (χ0v) is 9.01. The fourth-order valence-corrected chi connectivity index (χ4v) is 1.61. The minimum Gasteiger partial charge on any atom is -0.381 e. The van der Waals surface area contributed by atoms with Crippen molar-refractivity contribution >= 4 is 0 Å². The molecule has 0 bridgehead atoms. The van der Waals surface area contributed by atoms with Crippen molar-refractivity contribution in [3.8, 4) is 0 Å². The summed E-state index contributed by atoms with van der Waals surface area (Å²) in [5, 5.41) is 3.27. The van der Waals surface area contributed by atoms with E-state index in [9.17, 15) is 0 Å². The lowest BCUT2D eigenvalue weighted by Crippen LogP contribution is -2.12. The average molecular weight is 185 g/mol. The zero-order valence-electron chi connectivity index (χ0n) is 9.01. The first-order chi connectivity index (χ1) is 6.29. The zero-order chi connectivity index (χ0) is 9.52. The number of hydrogen-bond acceptors (Lipinski definition) is 2. The maximum absolute atomic E-state index is 5.14. The van der Waals surface area contributed by atoms with Gasteiger partial charge in [-0.1, -0.05) is 13.8 Å². The molecule has 0 aliphatic carbocycles. The van der Waals surface area contributed by atoms with E-state index in [2.05, 4.69) is 19.2 Å². The Balaban J connectivity index is 0.000000132. The second-order valence-electron chi connectivity index (χ2n) is 4.39. The number of ether oxygens (including phenoxy) is 1. The third kappa shape index (κ3) is 5.27. The third-order valence-corrected chi connectivity index (χ3v) is 2.82. The molecule has 0 saturated carbocycles. The predicted octanol–water partition coefficient (Wildman–Crippen LogP) is 2.05. The van der Waals surface area contributed by atoms with E-state index < -0.39 is 0 Å². The summed E-state index contributed by atoms with van der Waals surface area (Å²) in [5.74, 6) is 1.85. The van der Waals surface area contributed by atoms with Gasteiger partial charge in [-0.25, -0.2) is 0 Å². The first-order valence-electron chi connectivity index (χ1n) is 5.57. The Kier molecular flexibility index (Phi) is 5.40. The monoisotopic (exact) mass is 185 g/mol. The van der Waals surface area contributed by atoms with Crippen LogP contribution in [0.1, 0.15) is 33.1 Å². The molecule has 13 heavy (non-hydrogen) atoms. The smallest absolute Gasteiger partial charge is 0.0468 e. The Morgan fingerprint density at radius 2 is 1.69 bits per heavy atom. The molecular formula is C11H23NO. The molecule has 1 N–H and O–H groups in total. The molecule has 2 saturated heterocycles. The van der Waals surface area contributed by atoms with Crippen LogP contribution < -0.4 is 5.32 Å². The maximum atomic E-state index is 5.14. The van der Waals surface area contributed by atoms with Crippen molar-refractivity contribution in [3.05, 3.63) is 0 Å². The molecule has 0 aromatic heterocycles. The lowest BCUT2D eigenvalue weighted by molar-refractivity contribution is 0.0716. The normalized spacial score (nSPS) is 29.5. The van der Waals surface area contributed by atoms with E-state index in [4.69, 9.17) is 4.74 Å². The minimum absolute atomic E-state index is 0.911. The van der Waals surface area contributed by atoms with Gasteiger partial charge in [0.25, 0.3) is 0 Å². The second kappa shape index (κ2) is 6.39. The Bertz CT molecular complexity index is 115. The SMILES string of the molecule is CC1CCOCC1.C[C@H]1CCNC1. The summed E-state index contributed by atoms with van der Waals surface area (Å²) in [6.07, 6.45) is 3.90. The van der Waals surface area contributed by atoms with Crippen molar-refractivity contribution in [2.75, 3.05) is 26.3 Å². The summed E-state index contributed by atoms with van der Waals surface area (Å²) in [7, 11) is 0. The Morgan fingerprint density at radius 1 is 1.00 bits per heavy atom. The highest BCUT2D eigenvalue weighted by molar-refractivity contribution is 4.65. The van der Waals surface area contributed by atoms with E-state index >= 15 is 0 Å². The average Bonchev–Trinajstić information content (AvgIpc) is 2.58. The van der Waals surface area contributed by atoms with Crippen LogP contribution in [0.25, 0.3) is 0 Å². The van der Waals surface area contributed by atoms with Crippen LogP contribution in [0.15, 0.2) is 0 Å². The highest BCUT2D eigenvalue weighted by atomic mass is 16.5. The van der Waals surface area contributed by atoms with Crippen molar-refractivity contribution in [2.24, 2.45) is 11.8 Å². The molecule has 0 radical (unpaired) electrons. The van der Waals surface area contributed by atoms with Crippen molar-refractivity contribution in [1.82, 2.24) is 5.32 Å². The summed E-state index contributed by atoms with van der Waals surface area (Å²) in [5.41, 5.74) is 0. The molecule has 0 aromatic carbocycles.